The van der Waals surface area contributed by atoms with Gasteiger partial charge in [0.1, 0.15) is 0 Å². The quantitative estimate of drug-likeness (QED) is 0.244. The van der Waals surface area contributed by atoms with Gasteiger partial charge in [0, 0.05) is 5.56 Å². The summed E-state index contributed by atoms with van der Waals surface area (Å²) < 4.78 is 64.3. The Labute approximate surface area is 89.4 Å². The molecule has 1 rings (SSSR count). The van der Waals surface area contributed by atoms with Crippen LogP contribution >= 0.6 is 0 Å². The standard InChI is InChI=1S/C11H9F5/c1-2-3-4-5-6-7(12)9(14)11(16)10(15)8(6)13/h2H,1,3-5H2. The minimum Gasteiger partial charge on any atom is -0.203 e. The summed E-state index contributed by atoms with van der Waals surface area (Å²) in [5, 5.41) is 0. The van der Waals surface area contributed by atoms with Gasteiger partial charge in [-0.05, 0) is 19.3 Å². The van der Waals surface area contributed by atoms with E-state index in [2.05, 4.69) is 6.58 Å². The smallest absolute Gasteiger partial charge is 0.200 e. The zero-order valence-corrected chi connectivity index (χ0v) is 8.30. The van der Waals surface area contributed by atoms with Gasteiger partial charge in [-0.3, -0.25) is 0 Å². The molecular formula is C11H9F5. The summed E-state index contributed by atoms with van der Waals surface area (Å²) in [4.78, 5) is 0. The third-order valence-corrected chi connectivity index (χ3v) is 2.14. The van der Waals surface area contributed by atoms with E-state index in [1.807, 2.05) is 0 Å². The SMILES string of the molecule is C=CCCCc1c(F)c(F)c(F)c(F)c1F. The predicted octanol–water partition coefficient (Wildman–Crippen LogP) is 3.89. The van der Waals surface area contributed by atoms with Gasteiger partial charge in [0.05, 0.1) is 0 Å². The second-order valence-electron chi connectivity index (χ2n) is 3.23. The molecule has 88 valence electrons. The maximum Gasteiger partial charge on any atom is 0.200 e. The van der Waals surface area contributed by atoms with Crippen LogP contribution in [0.25, 0.3) is 0 Å². The van der Waals surface area contributed by atoms with E-state index in [0.29, 0.717) is 6.42 Å². The van der Waals surface area contributed by atoms with Crippen LogP contribution < -0.4 is 0 Å². The maximum atomic E-state index is 13.1. The highest BCUT2D eigenvalue weighted by Gasteiger charge is 2.24. The third kappa shape index (κ3) is 2.23. The molecular weight excluding hydrogens is 227 g/mol. The summed E-state index contributed by atoms with van der Waals surface area (Å²) in [7, 11) is 0. The fourth-order valence-electron chi connectivity index (χ4n) is 1.29. The molecule has 5 heteroatoms. The van der Waals surface area contributed by atoms with Crippen LogP contribution in [-0.4, -0.2) is 0 Å². The van der Waals surface area contributed by atoms with Gasteiger partial charge in [-0.1, -0.05) is 6.08 Å². The van der Waals surface area contributed by atoms with Crippen LogP contribution in [0.4, 0.5) is 22.0 Å². The number of unbranched alkanes of at least 4 members (excludes halogenated alkanes) is 1. The van der Waals surface area contributed by atoms with Crippen molar-refractivity contribution in [1.82, 2.24) is 0 Å². The minimum absolute atomic E-state index is 0.211. The number of hydrogen-bond donors (Lipinski definition) is 0. The first-order chi connectivity index (χ1) is 7.50. The van der Waals surface area contributed by atoms with Crippen LogP contribution in [0.5, 0.6) is 0 Å². The predicted molar refractivity (Wildman–Crippen MR) is 49.4 cm³/mol. The summed E-state index contributed by atoms with van der Waals surface area (Å²) >= 11 is 0. The molecule has 0 nitrogen and oxygen atoms in total. The zero-order valence-electron chi connectivity index (χ0n) is 8.30. The maximum absolute atomic E-state index is 13.1. The van der Waals surface area contributed by atoms with Crippen molar-refractivity contribution < 1.29 is 22.0 Å². The van der Waals surface area contributed by atoms with Crippen LogP contribution in [0.15, 0.2) is 12.7 Å². The number of hydrogen-bond acceptors (Lipinski definition) is 0. The first kappa shape index (κ1) is 12.7. The van der Waals surface area contributed by atoms with Crippen molar-refractivity contribution in [1.29, 1.82) is 0 Å². The minimum atomic E-state index is -2.12. The average Bonchev–Trinajstić information content (AvgIpc) is 2.28. The molecule has 0 aromatic heterocycles. The van der Waals surface area contributed by atoms with Crippen molar-refractivity contribution >= 4 is 0 Å². The fraction of sp³-hybridized carbons (Fsp3) is 0.273. The van der Waals surface area contributed by atoms with Crippen molar-refractivity contribution in [3.8, 4) is 0 Å². The molecule has 0 spiro atoms. The van der Waals surface area contributed by atoms with E-state index in [-0.39, 0.29) is 12.8 Å². The van der Waals surface area contributed by atoms with Crippen molar-refractivity contribution in [3.63, 3.8) is 0 Å². The Morgan fingerprint density at radius 3 is 1.69 bits per heavy atom. The molecule has 0 fully saturated rings. The molecule has 16 heavy (non-hydrogen) atoms. The summed E-state index contributed by atoms with van der Waals surface area (Å²) in [6.45, 7) is 3.39. The van der Waals surface area contributed by atoms with Crippen molar-refractivity contribution in [2.24, 2.45) is 0 Å². The Bertz CT molecular complexity index is 382. The van der Waals surface area contributed by atoms with E-state index in [9.17, 15) is 22.0 Å². The van der Waals surface area contributed by atoms with Gasteiger partial charge in [-0.15, -0.1) is 6.58 Å². The van der Waals surface area contributed by atoms with Crippen LogP contribution in [-0.2, 0) is 6.42 Å². The summed E-state index contributed by atoms with van der Waals surface area (Å²) in [6, 6.07) is 0. The van der Waals surface area contributed by atoms with Crippen LogP contribution in [0, 0.1) is 29.1 Å². The number of benzene rings is 1. The van der Waals surface area contributed by atoms with Crippen molar-refractivity contribution in [2.45, 2.75) is 19.3 Å². The van der Waals surface area contributed by atoms with Crippen molar-refractivity contribution in [2.75, 3.05) is 0 Å². The molecule has 1 aromatic rings. The normalized spacial score (nSPS) is 10.6. The lowest BCUT2D eigenvalue weighted by atomic mass is 10.1. The van der Waals surface area contributed by atoms with E-state index in [0.717, 1.165) is 0 Å². The van der Waals surface area contributed by atoms with Gasteiger partial charge < -0.3 is 0 Å². The molecule has 0 unspecified atom stereocenters. The van der Waals surface area contributed by atoms with E-state index in [1.54, 1.807) is 0 Å². The molecule has 0 heterocycles. The summed E-state index contributed by atoms with van der Waals surface area (Å²) in [6.07, 6.45) is 2.02. The molecule has 0 saturated heterocycles. The van der Waals surface area contributed by atoms with Gasteiger partial charge in [0.15, 0.2) is 23.3 Å². The lowest BCUT2D eigenvalue weighted by molar-refractivity contribution is 0.369. The fourth-order valence-corrected chi connectivity index (χ4v) is 1.29. The van der Waals surface area contributed by atoms with E-state index in [4.69, 9.17) is 0 Å². The molecule has 0 aliphatic heterocycles. The molecule has 0 amide bonds. The van der Waals surface area contributed by atoms with Crippen LogP contribution in [0.2, 0.25) is 0 Å². The zero-order chi connectivity index (χ0) is 12.3. The first-order valence-corrected chi connectivity index (χ1v) is 4.61. The molecule has 0 bridgehead atoms. The molecule has 0 atom stereocenters. The number of rotatable bonds is 4. The molecule has 0 aliphatic rings. The van der Waals surface area contributed by atoms with Gasteiger partial charge in [0.25, 0.3) is 0 Å². The highest BCUT2D eigenvalue weighted by molar-refractivity contribution is 5.24. The van der Waals surface area contributed by atoms with Gasteiger partial charge in [-0.2, -0.15) is 0 Å². The second-order valence-corrected chi connectivity index (χ2v) is 3.23. The highest BCUT2D eigenvalue weighted by Crippen LogP contribution is 2.24. The Kier molecular flexibility index (Phi) is 4.04. The average molecular weight is 236 g/mol. The van der Waals surface area contributed by atoms with Gasteiger partial charge in [0.2, 0.25) is 5.82 Å². The van der Waals surface area contributed by atoms with Gasteiger partial charge in [-0.25, -0.2) is 22.0 Å². The largest absolute Gasteiger partial charge is 0.203 e. The van der Waals surface area contributed by atoms with Gasteiger partial charge >= 0.3 is 0 Å². The molecule has 0 radical (unpaired) electrons. The Hall–Kier alpha value is -1.39. The Morgan fingerprint density at radius 1 is 0.812 bits per heavy atom. The van der Waals surface area contributed by atoms with Crippen molar-refractivity contribution in [3.05, 3.63) is 47.3 Å². The summed E-state index contributed by atoms with van der Waals surface area (Å²) in [5.74, 6) is -9.41. The lowest BCUT2D eigenvalue weighted by Gasteiger charge is -2.07. The van der Waals surface area contributed by atoms with Crippen LogP contribution in [0.1, 0.15) is 18.4 Å². The van der Waals surface area contributed by atoms with E-state index >= 15 is 0 Å². The Morgan fingerprint density at radius 2 is 1.25 bits per heavy atom. The molecule has 0 aliphatic carbocycles. The topological polar surface area (TPSA) is 0 Å². The van der Waals surface area contributed by atoms with E-state index in [1.165, 1.54) is 6.08 Å². The molecule has 0 saturated carbocycles. The number of allylic oxidation sites excluding steroid dienone is 1. The Balaban J connectivity index is 3.13. The number of halogens is 5. The first-order valence-electron chi connectivity index (χ1n) is 4.61. The highest BCUT2D eigenvalue weighted by atomic mass is 19.2. The molecule has 1 aromatic carbocycles. The third-order valence-electron chi connectivity index (χ3n) is 2.14. The lowest BCUT2D eigenvalue weighted by Crippen LogP contribution is -2.07. The van der Waals surface area contributed by atoms with E-state index < -0.39 is 34.6 Å². The molecule has 0 N–H and O–H groups in total. The second kappa shape index (κ2) is 5.09. The summed E-state index contributed by atoms with van der Waals surface area (Å²) in [5.41, 5.74) is -0.766. The monoisotopic (exact) mass is 236 g/mol. The van der Waals surface area contributed by atoms with Crippen LogP contribution in [0.3, 0.4) is 0 Å².